The van der Waals surface area contributed by atoms with Gasteiger partial charge in [0.25, 0.3) is 0 Å². The zero-order valence-electron chi connectivity index (χ0n) is 10.7. The fourth-order valence-corrected chi connectivity index (χ4v) is 2.86. The highest BCUT2D eigenvalue weighted by molar-refractivity contribution is 5.24. The summed E-state index contributed by atoms with van der Waals surface area (Å²) in [5.74, 6) is 1.40. The van der Waals surface area contributed by atoms with E-state index < -0.39 is 0 Å². The fourth-order valence-electron chi connectivity index (χ4n) is 2.86. The lowest BCUT2D eigenvalue weighted by atomic mass is 9.97. The maximum atomic E-state index is 5.34. The quantitative estimate of drug-likeness (QED) is 0.789. The van der Waals surface area contributed by atoms with Gasteiger partial charge in [0, 0.05) is 51.5 Å². The summed E-state index contributed by atoms with van der Waals surface area (Å²) in [5, 5.41) is 4.59. The Hall–Kier alpha value is -0.870. The Kier molecular flexibility index (Phi) is 2.92. The number of hydrogen-bond acceptors (Lipinski definition) is 3. The van der Waals surface area contributed by atoms with E-state index in [2.05, 4.69) is 16.2 Å². The molecule has 0 saturated heterocycles. The average Bonchev–Trinajstić information content (AvgIpc) is 2.99. The van der Waals surface area contributed by atoms with E-state index in [-0.39, 0.29) is 0 Å². The number of nitrogens with zero attached hydrogens (tertiary/aromatic N) is 3. The van der Waals surface area contributed by atoms with E-state index in [1.54, 1.807) is 7.11 Å². The molecule has 0 aromatic carbocycles. The van der Waals surface area contributed by atoms with Gasteiger partial charge in [0.2, 0.25) is 0 Å². The maximum Gasteiger partial charge on any atom is 0.0736 e. The molecule has 94 valence electrons. The molecule has 4 heteroatoms. The van der Waals surface area contributed by atoms with Crippen molar-refractivity contribution in [1.29, 1.82) is 0 Å². The third kappa shape index (κ3) is 2.38. The molecule has 17 heavy (non-hydrogen) atoms. The summed E-state index contributed by atoms with van der Waals surface area (Å²) in [6.45, 7) is 4.22. The second-order valence-electron chi connectivity index (χ2n) is 5.50. The van der Waals surface area contributed by atoms with E-state index in [1.807, 2.05) is 11.7 Å². The Bertz CT molecular complexity index is 397. The van der Waals surface area contributed by atoms with Crippen LogP contribution in [0.25, 0.3) is 0 Å². The molecule has 4 nitrogen and oxygen atoms in total. The van der Waals surface area contributed by atoms with E-state index in [0.717, 1.165) is 25.6 Å². The highest BCUT2D eigenvalue weighted by atomic mass is 16.5. The lowest BCUT2D eigenvalue weighted by Gasteiger charge is -2.31. The SMILES string of the molecule is COCC1CN(CC2CC2)Cc2cn(C)nc21. The molecule has 1 aromatic rings. The van der Waals surface area contributed by atoms with Crippen molar-refractivity contribution >= 4 is 0 Å². The summed E-state index contributed by atoms with van der Waals surface area (Å²) in [6, 6.07) is 0. The number of fused-ring (bicyclic) bond motifs is 1. The van der Waals surface area contributed by atoms with Crippen molar-refractivity contribution in [3.8, 4) is 0 Å². The van der Waals surface area contributed by atoms with Crippen LogP contribution in [0.3, 0.4) is 0 Å². The van der Waals surface area contributed by atoms with Crippen LogP contribution in [0.15, 0.2) is 6.20 Å². The van der Waals surface area contributed by atoms with Crippen molar-refractivity contribution in [2.45, 2.75) is 25.3 Å². The molecule has 3 rings (SSSR count). The normalized spacial score (nSPS) is 24.9. The Balaban J connectivity index is 1.77. The molecule has 1 aliphatic heterocycles. The van der Waals surface area contributed by atoms with Gasteiger partial charge in [0.15, 0.2) is 0 Å². The summed E-state index contributed by atoms with van der Waals surface area (Å²) in [4.78, 5) is 2.57. The number of aryl methyl sites for hydroxylation is 1. The second kappa shape index (κ2) is 4.42. The zero-order valence-corrected chi connectivity index (χ0v) is 10.7. The standard InChI is InChI=1S/C13H21N3O/c1-15-6-11-7-16(5-10-3-4-10)8-12(9-17-2)13(11)14-15/h6,10,12H,3-5,7-9H2,1-2H3. The molecule has 0 N–H and O–H groups in total. The van der Waals surface area contributed by atoms with Crippen LogP contribution < -0.4 is 0 Å². The maximum absolute atomic E-state index is 5.34. The molecule has 2 heterocycles. The van der Waals surface area contributed by atoms with Gasteiger partial charge in [-0.15, -0.1) is 0 Å². The van der Waals surface area contributed by atoms with Gasteiger partial charge in [-0.3, -0.25) is 9.58 Å². The first-order chi connectivity index (χ1) is 8.26. The monoisotopic (exact) mass is 235 g/mol. The topological polar surface area (TPSA) is 30.3 Å². The minimum absolute atomic E-state index is 0.448. The van der Waals surface area contributed by atoms with Crippen LogP contribution in [-0.4, -0.2) is 41.5 Å². The van der Waals surface area contributed by atoms with Crippen molar-refractivity contribution in [1.82, 2.24) is 14.7 Å². The number of rotatable bonds is 4. The van der Waals surface area contributed by atoms with Crippen LogP contribution in [0.1, 0.15) is 30.0 Å². The van der Waals surface area contributed by atoms with Gasteiger partial charge in [-0.1, -0.05) is 0 Å². The molecule has 0 radical (unpaired) electrons. The summed E-state index contributed by atoms with van der Waals surface area (Å²) in [6.07, 6.45) is 5.01. The second-order valence-corrected chi connectivity index (χ2v) is 5.50. The smallest absolute Gasteiger partial charge is 0.0736 e. The molecule has 0 spiro atoms. The predicted molar refractivity (Wildman–Crippen MR) is 65.8 cm³/mol. The van der Waals surface area contributed by atoms with Gasteiger partial charge in [-0.25, -0.2) is 0 Å². The van der Waals surface area contributed by atoms with Crippen LogP contribution >= 0.6 is 0 Å². The van der Waals surface area contributed by atoms with Gasteiger partial charge < -0.3 is 4.74 Å². The van der Waals surface area contributed by atoms with Crippen molar-refractivity contribution in [3.05, 3.63) is 17.5 Å². The van der Waals surface area contributed by atoms with Crippen LogP contribution in [0.4, 0.5) is 0 Å². The molecule has 1 aliphatic carbocycles. The van der Waals surface area contributed by atoms with Crippen LogP contribution in [0.2, 0.25) is 0 Å². The van der Waals surface area contributed by atoms with Gasteiger partial charge in [0.1, 0.15) is 0 Å². The molecule has 1 aromatic heterocycles. The van der Waals surface area contributed by atoms with Crippen LogP contribution in [-0.2, 0) is 18.3 Å². The summed E-state index contributed by atoms with van der Waals surface area (Å²) >= 11 is 0. The van der Waals surface area contributed by atoms with Crippen LogP contribution in [0.5, 0.6) is 0 Å². The van der Waals surface area contributed by atoms with Crippen molar-refractivity contribution < 1.29 is 4.74 Å². The number of hydrogen-bond donors (Lipinski definition) is 0. The number of methoxy groups -OCH3 is 1. The van der Waals surface area contributed by atoms with Gasteiger partial charge in [0.05, 0.1) is 12.3 Å². The number of ether oxygens (including phenoxy) is 1. The minimum Gasteiger partial charge on any atom is -0.384 e. The molecule has 1 saturated carbocycles. The molecule has 1 fully saturated rings. The molecule has 0 amide bonds. The zero-order chi connectivity index (χ0) is 11.8. The van der Waals surface area contributed by atoms with Gasteiger partial charge >= 0.3 is 0 Å². The largest absolute Gasteiger partial charge is 0.384 e. The molecule has 1 unspecified atom stereocenters. The summed E-state index contributed by atoms with van der Waals surface area (Å²) < 4.78 is 7.28. The highest BCUT2D eigenvalue weighted by Gasteiger charge is 2.31. The third-order valence-electron chi connectivity index (χ3n) is 3.78. The minimum atomic E-state index is 0.448. The molecule has 1 atom stereocenters. The molecular weight excluding hydrogens is 214 g/mol. The van der Waals surface area contributed by atoms with Crippen molar-refractivity contribution in [3.63, 3.8) is 0 Å². The Morgan fingerprint density at radius 1 is 1.47 bits per heavy atom. The van der Waals surface area contributed by atoms with E-state index in [0.29, 0.717) is 5.92 Å². The molecule has 2 aliphatic rings. The lowest BCUT2D eigenvalue weighted by molar-refractivity contribution is 0.135. The van der Waals surface area contributed by atoms with Crippen molar-refractivity contribution in [2.75, 3.05) is 26.8 Å². The van der Waals surface area contributed by atoms with Crippen molar-refractivity contribution in [2.24, 2.45) is 13.0 Å². The van der Waals surface area contributed by atoms with E-state index in [1.165, 1.54) is 30.6 Å². The average molecular weight is 235 g/mol. The third-order valence-corrected chi connectivity index (χ3v) is 3.78. The van der Waals surface area contributed by atoms with E-state index in [4.69, 9.17) is 4.74 Å². The first-order valence-electron chi connectivity index (χ1n) is 6.50. The fraction of sp³-hybridized carbons (Fsp3) is 0.769. The molecule has 0 bridgehead atoms. The first kappa shape index (κ1) is 11.2. The van der Waals surface area contributed by atoms with E-state index in [9.17, 15) is 0 Å². The predicted octanol–water partition coefficient (Wildman–Crippen LogP) is 1.38. The Morgan fingerprint density at radius 2 is 2.29 bits per heavy atom. The highest BCUT2D eigenvalue weighted by Crippen LogP contribution is 2.33. The van der Waals surface area contributed by atoms with Crippen LogP contribution in [0, 0.1) is 5.92 Å². The Labute approximate surface area is 103 Å². The summed E-state index contributed by atoms with van der Waals surface area (Å²) in [5.41, 5.74) is 2.64. The Morgan fingerprint density at radius 3 is 3.00 bits per heavy atom. The lowest BCUT2D eigenvalue weighted by Crippen LogP contribution is -2.36. The van der Waals surface area contributed by atoms with Gasteiger partial charge in [-0.2, -0.15) is 5.10 Å². The number of aromatic nitrogens is 2. The first-order valence-corrected chi connectivity index (χ1v) is 6.50. The summed E-state index contributed by atoms with van der Waals surface area (Å²) in [7, 11) is 3.79. The van der Waals surface area contributed by atoms with Gasteiger partial charge in [-0.05, 0) is 18.8 Å². The molecular formula is C13H21N3O. The van der Waals surface area contributed by atoms with E-state index >= 15 is 0 Å².